The average molecular weight is 648 g/mol. The van der Waals surface area contributed by atoms with Gasteiger partial charge in [0.05, 0.1) is 15.3 Å². The Kier molecular flexibility index (Phi) is 11.2. The SMILES string of the molecule is CCC(Sc1cccc(NC(=O)/C(=C\c2cccc(Cl)c2Cl)NC(=O)c2ccccc2)c1)C(=O)Nc1ccc(C(N)=O)cc1. The van der Waals surface area contributed by atoms with Crippen molar-refractivity contribution in [3.8, 4) is 0 Å². The molecule has 4 amide bonds. The van der Waals surface area contributed by atoms with Crippen molar-refractivity contribution in [1.82, 2.24) is 5.32 Å². The van der Waals surface area contributed by atoms with Gasteiger partial charge in [-0.25, -0.2) is 0 Å². The first kappa shape index (κ1) is 32.3. The number of benzene rings is 4. The highest BCUT2D eigenvalue weighted by Gasteiger charge is 2.20. The Morgan fingerprint density at radius 2 is 1.52 bits per heavy atom. The van der Waals surface area contributed by atoms with E-state index >= 15 is 0 Å². The second-order valence-electron chi connectivity index (χ2n) is 9.45. The molecule has 4 rings (SSSR count). The summed E-state index contributed by atoms with van der Waals surface area (Å²) in [6.07, 6.45) is 1.99. The molecule has 0 aliphatic rings. The Balaban J connectivity index is 1.50. The minimum Gasteiger partial charge on any atom is -0.366 e. The molecule has 0 spiro atoms. The van der Waals surface area contributed by atoms with Crippen LogP contribution in [0.4, 0.5) is 11.4 Å². The van der Waals surface area contributed by atoms with E-state index in [9.17, 15) is 19.2 Å². The molecule has 4 aromatic carbocycles. The van der Waals surface area contributed by atoms with Crippen LogP contribution in [0.3, 0.4) is 0 Å². The van der Waals surface area contributed by atoms with Crippen molar-refractivity contribution in [2.75, 3.05) is 10.6 Å². The number of primary amides is 1. The van der Waals surface area contributed by atoms with Crippen molar-refractivity contribution >= 4 is 76.0 Å². The van der Waals surface area contributed by atoms with Gasteiger partial charge >= 0.3 is 0 Å². The van der Waals surface area contributed by atoms with Gasteiger partial charge in [-0.1, -0.05) is 66.5 Å². The Morgan fingerprint density at radius 1 is 0.818 bits per heavy atom. The molecular formula is C33H28Cl2N4O4S. The maximum absolute atomic E-state index is 13.5. The van der Waals surface area contributed by atoms with Gasteiger partial charge in [-0.15, -0.1) is 11.8 Å². The Hall–Kier alpha value is -4.57. The number of carbonyl (C=O) groups excluding carboxylic acids is 4. The van der Waals surface area contributed by atoms with Gasteiger partial charge in [0.1, 0.15) is 5.70 Å². The standard InChI is InChI=1S/C33H28Cl2N4O4S/c1-2-28(33(43)37-23-16-14-20(15-17-23)30(36)40)44-25-12-7-11-24(19-25)38-32(42)27(18-22-10-6-13-26(34)29(22)35)39-31(41)21-8-4-3-5-9-21/h3-19,28H,2H2,1H3,(H2,36,40)(H,37,43)(H,38,42)(H,39,41)/b27-18+. The van der Waals surface area contributed by atoms with Gasteiger partial charge in [-0.2, -0.15) is 0 Å². The smallest absolute Gasteiger partial charge is 0.272 e. The average Bonchev–Trinajstić information content (AvgIpc) is 3.02. The number of hydrogen-bond donors (Lipinski definition) is 4. The highest BCUT2D eigenvalue weighted by molar-refractivity contribution is 8.00. The minimum absolute atomic E-state index is 0.0470. The van der Waals surface area contributed by atoms with Crippen molar-refractivity contribution in [2.24, 2.45) is 5.73 Å². The summed E-state index contributed by atoms with van der Waals surface area (Å²) in [5.74, 6) is -1.83. The summed E-state index contributed by atoms with van der Waals surface area (Å²) in [6.45, 7) is 1.90. The topological polar surface area (TPSA) is 130 Å². The number of anilines is 2. The second-order valence-corrected chi connectivity index (χ2v) is 11.5. The second kappa shape index (κ2) is 15.2. The molecule has 0 fully saturated rings. The first-order chi connectivity index (χ1) is 21.1. The van der Waals surface area contributed by atoms with Crippen LogP contribution in [0.2, 0.25) is 10.0 Å². The lowest BCUT2D eigenvalue weighted by Gasteiger charge is -2.16. The van der Waals surface area contributed by atoms with Gasteiger partial charge in [-0.05, 0) is 78.7 Å². The van der Waals surface area contributed by atoms with Crippen molar-refractivity contribution < 1.29 is 19.2 Å². The van der Waals surface area contributed by atoms with Crippen LogP contribution in [0.25, 0.3) is 6.08 Å². The molecule has 11 heteroatoms. The summed E-state index contributed by atoms with van der Waals surface area (Å²) in [4.78, 5) is 51.5. The van der Waals surface area contributed by atoms with Crippen LogP contribution in [0.5, 0.6) is 0 Å². The number of nitrogens with two attached hydrogens (primary N) is 1. The molecule has 0 saturated heterocycles. The maximum Gasteiger partial charge on any atom is 0.272 e. The fourth-order valence-electron chi connectivity index (χ4n) is 4.00. The fraction of sp³-hybridized carbons (Fsp3) is 0.0909. The molecule has 8 nitrogen and oxygen atoms in total. The molecule has 0 aliphatic carbocycles. The van der Waals surface area contributed by atoms with Gasteiger partial charge in [0, 0.05) is 27.4 Å². The van der Waals surface area contributed by atoms with Crippen LogP contribution in [-0.4, -0.2) is 28.9 Å². The summed E-state index contributed by atoms with van der Waals surface area (Å²) >= 11 is 13.9. The van der Waals surface area contributed by atoms with E-state index in [0.717, 1.165) is 4.90 Å². The van der Waals surface area contributed by atoms with Crippen LogP contribution >= 0.6 is 35.0 Å². The zero-order valence-electron chi connectivity index (χ0n) is 23.5. The summed E-state index contributed by atoms with van der Waals surface area (Å²) in [7, 11) is 0. The van der Waals surface area contributed by atoms with Gasteiger partial charge in [0.2, 0.25) is 11.8 Å². The first-order valence-electron chi connectivity index (χ1n) is 13.5. The van der Waals surface area contributed by atoms with E-state index in [1.165, 1.54) is 17.8 Å². The number of rotatable bonds is 11. The Morgan fingerprint density at radius 3 is 2.20 bits per heavy atom. The number of hydrogen-bond acceptors (Lipinski definition) is 5. The molecule has 1 unspecified atom stereocenters. The van der Waals surface area contributed by atoms with Crippen molar-refractivity contribution in [1.29, 1.82) is 0 Å². The van der Waals surface area contributed by atoms with E-state index < -0.39 is 23.0 Å². The number of thioether (sulfide) groups is 1. The number of carbonyl (C=O) groups is 4. The number of nitrogens with one attached hydrogen (secondary N) is 3. The first-order valence-corrected chi connectivity index (χ1v) is 15.1. The lowest BCUT2D eigenvalue weighted by atomic mass is 10.1. The molecular weight excluding hydrogens is 619 g/mol. The molecule has 224 valence electrons. The van der Waals surface area contributed by atoms with Gasteiger partial charge < -0.3 is 21.7 Å². The van der Waals surface area contributed by atoms with E-state index in [1.807, 2.05) is 13.0 Å². The fourth-order valence-corrected chi connectivity index (χ4v) is 5.38. The molecule has 0 heterocycles. The van der Waals surface area contributed by atoms with Crippen LogP contribution in [0.15, 0.2) is 108 Å². The molecule has 0 aromatic heterocycles. The quantitative estimate of drug-likeness (QED) is 0.103. The van der Waals surface area contributed by atoms with Gasteiger partial charge in [-0.3, -0.25) is 19.2 Å². The summed E-state index contributed by atoms with van der Waals surface area (Å²) in [6, 6.07) is 26.8. The molecule has 0 bridgehead atoms. The van der Waals surface area contributed by atoms with Crippen molar-refractivity contribution in [3.63, 3.8) is 0 Å². The molecule has 4 aromatic rings. The zero-order valence-corrected chi connectivity index (χ0v) is 25.8. The lowest BCUT2D eigenvalue weighted by molar-refractivity contribution is -0.116. The van der Waals surface area contributed by atoms with Crippen LogP contribution in [-0.2, 0) is 9.59 Å². The van der Waals surface area contributed by atoms with E-state index in [4.69, 9.17) is 28.9 Å². The zero-order chi connectivity index (χ0) is 31.6. The Labute approximate surface area is 269 Å². The third kappa shape index (κ3) is 8.73. The highest BCUT2D eigenvalue weighted by Crippen LogP contribution is 2.30. The Bertz CT molecular complexity index is 1710. The number of amides is 4. The normalized spacial score (nSPS) is 11.8. The largest absolute Gasteiger partial charge is 0.366 e. The van der Waals surface area contributed by atoms with Crippen LogP contribution in [0, 0.1) is 0 Å². The third-order valence-corrected chi connectivity index (χ3v) is 8.47. The van der Waals surface area contributed by atoms with E-state index in [2.05, 4.69) is 16.0 Å². The summed E-state index contributed by atoms with van der Waals surface area (Å²) < 4.78 is 0. The van der Waals surface area contributed by atoms with E-state index in [0.29, 0.717) is 39.5 Å². The van der Waals surface area contributed by atoms with Crippen molar-refractivity contribution in [2.45, 2.75) is 23.5 Å². The molecule has 0 aliphatic heterocycles. The van der Waals surface area contributed by atoms with E-state index in [-0.39, 0.29) is 16.6 Å². The van der Waals surface area contributed by atoms with Gasteiger partial charge in [0.25, 0.3) is 11.8 Å². The van der Waals surface area contributed by atoms with Crippen LogP contribution in [0.1, 0.15) is 39.6 Å². The molecule has 44 heavy (non-hydrogen) atoms. The predicted molar refractivity (Wildman–Crippen MR) is 177 cm³/mol. The highest BCUT2D eigenvalue weighted by atomic mass is 35.5. The third-order valence-electron chi connectivity index (χ3n) is 6.28. The molecule has 0 saturated carbocycles. The minimum atomic E-state index is -0.586. The summed E-state index contributed by atoms with van der Waals surface area (Å²) in [5.41, 5.74) is 7.39. The predicted octanol–water partition coefficient (Wildman–Crippen LogP) is 7.01. The maximum atomic E-state index is 13.5. The molecule has 5 N–H and O–H groups in total. The van der Waals surface area contributed by atoms with Gasteiger partial charge in [0.15, 0.2) is 0 Å². The monoisotopic (exact) mass is 646 g/mol. The lowest BCUT2D eigenvalue weighted by Crippen LogP contribution is -2.30. The number of halogens is 2. The van der Waals surface area contributed by atoms with E-state index in [1.54, 1.807) is 91.0 Å². The summed E-state index contributed by atoms with van der Waals surface area (Å²) in [5, 5.41) is 8.45. The van der Waals surface area contributed by atoms with Crippen molar-refractivity contribution in [3.05, 3.63) is 129 Å². The molecule has 0 radical (unpaired) electrons. The molecule has 1 atom stereocenters. The van der Waals surface area contributed by atoms with Crippen LogP contribution < -0.4 is 21.7 Å².